The Hall–Kier alpha value is -3.27. The van der Waals surface area contributed by atoms with Gasteiger partial charge in [-0.2, -0.15) is 4.39 Å². The van der Waals surface area contributed by atoms with Gasteiger partial charge in [-0.05, 0) is 59.9 Å². The summed E-state index contributed by atoms with van der Waals surface area (Å²) in [6, 6.07) is 18.9. The minimum absolute atomic E-state index is 0.0324. The van der Waals surface area contributed by atoms with E-state index in [1.807, 2.05) is 50.2 Å². The molecule has 1 aromatic heterocycles. The molecule has 1 aliphatic rings. The van der Waals surface area contributed by atoms with Gasteiger partial charge in [-0.15, -0.1) is 0 Å². The van der Waals surface area contributed by atoms with Crippen LogP contribution >= 0.6 is 0 Å². The number of fused-ring (bicyclic) bond motifs is 1. The Bertz CT molecular complexity index is 1070. The first-order chi connectivity index (χ1) is 13.5. The van der Waals surface area contributed by atoms with Crippen LogP contribution in [-0.2, 0) is 11.2 Å². The Labute approximate surface area is 164 Å². The fourth-order valence-electron chi connectivity index (χ4n) is 3.68. The molecule has 0 saturated heterocycles. The lowest BCUT2D eigenvalue weighted by molar-refractivity contribution is -0.118. The third-order valence-corrected chi connectivity index (χ3v) is 5.31. The lowest BCUT2D eigenvalue weighted by Crippen LogP contribution is -2.28. The number of carbonyl (C=O) groups excluding carboxylic acids is 1. The molecule has 0 fully saturated rings. The van der Waals surface area contributed by atoms with E-state index < -0.39 is 5.95 Å². The Morgan fingerprint density at radius 2 is 1.89 bits per heavy atom. The van der Waals surface area contributed by atoms with E-state index in [0.29, 0.717) is 6.42 Å². The monoisotopic (exact) mass is 372 g/mol. The van der Waals surface area contributed by atoms with Gasteiger partial charge in [0.25, 0.3) is 0 Å². The second-order valence-corrected chi connectivity index (χ2v) is 7.13. The first-order valence-corrected chi connectivity index (χ1v) is 9.33. The molecule has 1 aliphatic carbocycles. The third-order valence-electron chi connectivity index (χ3n) is 5.31. The van der Waals surface area contributed by atoms with Crippen molar-refractivity contribution in [3.05, 3.63) is 95.1 Å². The predicted molar refractivity (Wildman–Crippen MR) is 109 cm³/mol. The molecule has 1 heterocycles. The number of hydrogen-bond donors (Lipinski definition) is 1. The van der Waals surface area contributed by atoms with Gasteiger partial charge in [-0.3, -0.25) is 4.79 Å². The Kier molecular flexibility index (Phi) is 4.78. The summed E-state index contributed by atoms with van der Waals surface area (Å²) in [6.07, 6.45) is 2.18. The molecule has 0 unspecified atom stereocenters. The molecule has 0 bridgehead atoms. The summed E-state index contributed by atoms with van der Waals surface area (Å²) in [5.41, 5.74) is 7.00. The summed E-state index contributed by atoms with van der Waals surface area (Å²) < 4.78 is 13.1. The highest BCUT2D eigenvalue weighted by molar-refractivity contribution is 6.03. The highest BCUT2D eigenvalue weighted by Crippen LogP contribution is 2.32. The fourth-order valence-corrected chi connectivity index (χ4v) is 3.68. The van der Waals surface area contributed by atoms with Crippen LogP contribution in [0.4, 0.5) is 4.39 Å². The number of nitrogens with zero attached hydrogens (tertiary/aromatic N) is 1. The number of hydrogen-bond acceptors (Lipinski definition) is 2. The van der Waals surface area contributed by atoms with Crippen molar-refractivity contribution in [1.29, 1.82) is 0 Å². The molecule has 3 nitrogen and oxygen atoms in total. The molecule has 1 N–H and O–H groups in total. The molecule has 28 heavy (non-hydrogen) atoms. The van der Waals surface area contributed by atoms with Crippen LogP contribution in [0.15, 0.2) is 72.4 Å². The largest absolute Gasteiger partial charge is 0.346 e. The Morgan fingerprint density at radius 3 is 2.64 bits per heavy atom. The molecule has 1 amide bonds. The second kappa shape index (κ2) is 7.39. The first kappa shape index (κ1) is 18.1. The molecule has 4 heteroatoms. The predicted octanol–water partition coefficient (Wildman–Crippen LogP) is 5.09. The summed E-state index contributed by atoms with van der Waals surface area (Å²) in [6.45, 7) is 3.98. The van der Waals surface area contributed by atoms with Crippen LogP contribution in [0.2, 0.25) is 0 Å². The number of nitrogens with one attached hydrogen (secondary N) is 1. The number of rotatable bonds is 4. The molecule has 0 spiro atoms. The third kappa shape index (κ3) is 3.46. The van der Waals surface area contributed by atoms with Crippen LogP contribution in [0.1, 0.15) is 36.6 Å². The molecule has 0 aliphatic heterocycles. The SMILES string of the molecule is CC1=C(C(=O)N[C@@H](C)c2cccc(-c3ccc(F)nc3)c2)Cc2ccccc21. The van der Waals surface area contributed by atoms with Gasteiger partial charge in [-0.25, -0.2) is 4.98 Å². The topological polar surface area (TPSA) is 42.0 Å². The van der Waals surface area contributed by atoms with Gasteiger partial charge in [0.05, 0.1) is 6.04 Å². The summed E-state index contributed by atoms with van der Waals surface area (Å²) in [5.74, 6) is -0.531. The van der Waals surface area contributed by atoms with E-state index in [-0.39, 0.29) is 11.9 Å². The lowest BCUT2D eigenvalue weighted by Gasteiger charge is -2.16. The fraction of sp³-hybridized carbons (Fsp3) is 0.167. The van der Waals surface area contributed by atoms with E-state index in [2.05, 4.69) is 22.4 Å². The van der Waals surface area contributed by atoms with E-state index in [1.54, 1.807) is 6.07 Å². The standard InChI is InChI=1S/C24H21FN2O/c1-15-21-9-4-3-6-19(21)13-22(15)24(28)27-16(2)17-7-5-8-18(12-17)20-10-11-23(25)26-14-20/h3-12,14,16H,13H2,1-2H3,(H,27,28)/t16-/m0/s1. The zero-order chi connectivity index (χ0) is 19.7. The van der Waals surface area contributed by atoms with Crippen LogP contribution in [0.3, 0.4) is 0 Å². The lowest BCUT2D eigenvalue weighted by atomic mass is 10.0. The number of amides is 1. The van der Waals surface area contributed by atoms with Gasteiger partial charge in [0.1, 0.15) is 0 Å². The zero-order valence-corrected chi connectivity index (χ0v) is 15.9. The van der Waals surface area contributed by atoms with Crippen molar-refractivity contribution < 1.29 is 9.18 Å². The molecule has 0 saturated carbocycles. The molecule has 0 radical (unpaired) electrons. The summed E-state index contributed by atoms with van der Waals surface area (Å²) in [4.78, 5) is 16.6. The smallest absolute Gasteiger partial charge is 0.248 e. The minimum atomic E-state index is -0.498. The maximum absolute atomic E-state index is 13.1. The van der Waals surface area contributed by atoms with Gasteiger partial charge in [-0.1, -0.05) is 42.5 Å². The van der Waals surface area contributed by atoms with Gasteiger partial charge in [0, 0.05) is 23.8 Å². The average Bonchev–Trinajstić information content (AvgIpc) is 3.06. The van der Waals surface area contributed by atoms with Crippen LogP contribution < -0.4 is 5.32 Å². The summed E-state index contributed by atoms with van der Waals surface area (Å²) in [7, 11) is 0. The molecular formula is C24H21FN2O. The van der Waals surface area contributed by atoms with Gasteiger partial charge < -0.3 is 5.32 Å². The van der Waals surface area contributed by atoms with Crippen molar-refractivity contribution in [2.24, 2.45) is 0 Å². The quantitative estimate of drug-likeness (QED) is 0.648. The van der Waals surface area contributed by atoms with Crippen molar-refractivity contribution in [3.63, 3.8) is 0 Å². The van der Waals surface area contributed by atoms with E-state index in [9.17, 15) is 9.18 Å². The molecule has 4 rings (SSSR count). The highest BCUT2D eigenvalue weighted by Gasteiger charge is 2.24. The van der Waals surface area contributed by atoms with Crippen LogP contribution in [0.25, 0.3) is 16.7 Å². The van der Waals surface area contributed by atoms with Crippen molar-refractivity contribution in [1.82, 2.24) is 10.3 Å². The van der Waals surface area contributed by atoms with E-state index in [0.717, 1.165) is 33.4 Å². The number of allylic oxidation sites excluding steroid dienone is 1. The summed E-state index contributed by atoms with van der Waals surface area (Å²) in [5, 5.41) is 3.12. The van der Waals surface area contributed by atoms with Crippen molar-refractivity contribution in [2.45, 2.75) is 26.3 Å². The highest BCUT2D eigenvalue weighted by atomic mass is 19.1. The number of halogens is 1. The molecular weight excluding hydrogens is 351 g/mol. The number of carbonyl (C=O) groups is 1. The van der Waals surface area contributed by atoms with Gasteiger partial charge in [0.2, 0.25) is 11.9 Å². The van der Waals surface area contributed by atoms with E-state index in [4.69, 9.17) is 0 Å². The number of benzene rings is 2. The average molecular weight is 372 g/mol. The first-order valence-electron chi connectivity index (χ1n) is 9.33. The number of aromatic nitrogens is 1. The molecule has 140 valence electrons. The normalized spacial score (nSPS) is 14.0. The Morgan fingerprint density at radius 1 is 1.07 bits per heavy atom. The van der Waals surface area contributed by atoms with Crippen molar-refractivity contribution in [3.8, 4) is 11.1 Å². The van der Waals surface area contributed by atoms with E-state index in [1.165, 1.54) is 17.8 Å². The van der Waals surface area contributed by atoms with Gasteiger partial charge in [0.15, 0.2) is 0 Å². The van der Waals surface area contributed by atoms with E-state index >= 15 is 0 Å². The van der Waals surface area contributed by atoms with Gasteiger partial charge >= 0.3 is 0 Å². The van der Waals surface area contributed by atoms with Crippen LogP contribution in [0.5, 0.6) is 0 Å². The Balaban J connectivity index is 1.52. The van der Waals surface area contributed by atoms with Crippen molar-refractivity contribution >= 4 is 11.5 Å². The minimum Gasteiger partial charge on any atom is -0.346 e. The zero-order valence-electron chi connectivity index (χ0n) is 15.9. The van der Waals surface area contributed by atoms with Crippen LogP contribution in [0, 0.1) is 5.95 Å². The van der Waals surface area contributed by atoms with Crippen LogP contribution in [-0.4, -0.2) is 10.9 Å². The second-order valence-electron chi connectivity index (χ2n) is 7.13. The number of pyridine rings is 1. The maximum Gasteiger partial charge on any atom is 0.248 e. The molecule has 3 aromatic rings. The maximum atomic E-state index is 13.1. The molecule has 1 atom stereocenters. The molecule has 2 aromatic carbocycles. The summed E-state index contributed by atoms with van der Waals surface area (Å²) >= 11 is 0. The van der Waals surface area contributed by atoms with Crippen molar-refractivity contribution in [2.75, 3.05) is 0 Å².